The largest absolute Gasteiger partial charge is 0.385 e. The Hall–Kier alpha value is -1.84. The third-order valence-electron chi connectivity index (χ3n) is 3.89. The predicted molar refractivity (Wildman–Crippen MR) is 75.0 cm³/mol. The zero-order valence-electron chi connectivity index (χ0n) is 11.0. The summed E-state index contributed by atoms with van der Waals surface area (Å²) in [6.45, 7) is 0.822. The topological polar surface area (TPSA) is 58.7 Å². The molecule has 1 unspecified atom stereocenters. The first-order valence-electron chi connectivity index (χ1n) is 6.92. The summed E-state index contributed by atoms with van der Waals surface area (Å²) in [6, 6.07) is 10.1. The van der Waals surface area contributed by atoms with Crippen molar-refractivity contribution in [2.75, 3.05) is 6.54 Å². The molecular weight excluding hydrogens is 238 g/mol. The molecule has 4 heteroatoms. The lowest BCUT2D eigenvalue weighted by atomic mass is 10.0. The summed E-state index contributed by atoms with van der Waals surface area (Å²) in [5, 5.41) is 0. The van der Waals surface area contributed by atoms with E-state index in [1.165, 1.54) is 18.4 Å². The molecule has 2 aliphatic rings. The van der Waals surface area contributed by atoms with Gasteiger partial charge in [0.25, 0.3) is 0 Å². The minimum atomic E-state index is -0.150. The number of carbonyl (C=O) groups is 1. The molecule has 1 aliphatic heterocycles. The minimum Gasteiger partial charge on any atom is -0.385 e. The number of amidine groups is 1. The predicted octanol–water partition coefficient (Wildman–Crippen LogP) is 2.19. The number of carbonyl (C=O) groups excluding carboxylic acids is 1. The van der Waals surface area contributed by atoms with Gasteiger partial charge < -0.3 is 10.6 Å². The van der Waals surface area contributed by atoms with Gasteiger partial charge in [0.05, 0.1) is 6.04 Å². The second-order valence-corrected chi connectivity index (χ2v) is 5.46. The van der Waals surface area contributed by atoms with Gasteiger partial charge >= 0.3 is 6.03 Å². The molecule has 1 aromatic rings. The summed E-state index contributed by atoms with van der Waals surface area (Å²) >= 11 is 0. The number of urea groups is 1. The molecule has 1 fully saturated rings. The van der Waals surface area contributed by atoms with Crippen LogP contribution in [0.2, 0.25) is 0 Å². The fraction of sp³-hybridized carbons (Fsp3) is 0.467. The van der Waals surface area contributed by atoms with Crippen LogP contribution in [0, 0.1) is 5.92 Å². The molecule has 0 bridgehead atoms. The van der Waals surface area contributed by atoms with Crippen LogP contribution in [0.1, 0.15) is 24.8 Å². The van der Waals surface area contributed by atoms with E-state index in [1.807, 2.05) is 23.1 Å². The lowest BCUT2D eigenvalue weighted by molar-refractivity contribution is 0.201. The Morgan fingerprint density at radius 2 is 2.00 bits per heavy atom. The van der Waals surface area contributed by atoms with E-state index >= 15 is 0 Å². The van der Waals surface area contributed by atoms with Crippen molar-refractivity contribution in [3.05, 3.63) is 35.9 Å². The number of rotatable bonds is 5. The monoisotopic (exact) mass is 257 g/mol. The normalized spacial score (nSPS) is 22.7. The Balaban J connectivity index is 1.63. The van der Waals surface area contributed by atoms with Gasteiger partial charge in [-0.3, -0.25) is 0 Å². The summed E-state index contributed by atoms with van der Waals surface area (Å²) in [6.07, 6.45) is 4.25. The molecule has 1 heterocycles. The lowest BCUT2D eigenvalue weighted by Gasteiger charge is -2.24. The Morgan fingerprint density at radius 3 is 2.68 bits per heavy atom. The van der Waals surface area contributed by atoms with Crippen molar-refractivity contribution >= 4 is 11.9 Å². The smallest absolute Gasteiger partial charge is 0.345 e. The van der Waals surface area contributed by atoms with E-state index in [2.05, 4.69) is 17.1 Å². The van der Waals surface area contributed by atoms with Crippen molar-refractivity contribution in [1.29, 1.82) is 0 Å². The summed E-state index contributed by atoms with van der Waals surface area (Å²) in [5.41, 5.74) is 7.19. The fourth-order valence-corrected chi connectivity index (χ4v) is 2.58. The molecule has 0 radical (unpaired) electrons. The van der Waals surface area contributed by atoms with E-state index in [9.17, 15) is 4.79 Å². The Bertz CT molecular complexity index is 493. The maximum absolute atomic E-state index is 11.8. The molecule has 100 valence electrons. The van der Waals surface area contributed by atoms with Crippen LogP contribution in [-0.2, 0) is 6.42 Å². The lowest BCUT2D eigenvalue weighted by Crippen LogP contribution is -2.41. The third kappa shape index (κ3) is 2.78. The average molecular weight is 257 g/mol. The number of amides is 2. The SMILES string of the molecule is NC1=NC(=O)N(CC2CC2)C1CCc1ccccc1. The molecule has 1 aliphatic carbocycles. The summed E-state index contributed by atoms with van der Waals surface area (Å²) < 4.78 is 0. The van der Waals surface area contributed by atoms with Crippen LogP contribution in [0.15, 0.2) is 35.3 Å². The Labute approximate surface area is 113 Å². The van der Waals surface area contributed by atoms with Crippen molar-refractivity contribution in [3.8, 4) is 0 Å². The van der Waals surface area contributed by atoms with Crippen molar-refractivity contribution in [2.45, 2.75) is 31.7 Å². The van der Waals surface area contributed by atoms with Crippen LogP contribution in [0.3, 0.4) is 0 Å². The molecule has 3 rings (SSSR count). The molecule has 0 saturated heterocycles. The van der Waals surface area contributed by atoms with Crippen LogP contribution in [0.25, 0.3) is 0 Å². The maximum Gasteiger partial charge on any atom is 0.345 e. The fourth-order valence-electron chi connectivity index (χ4n) is 2.58. The standard InChI is InChI=1S/C15H19N3O/c16-14-13(9-8-11-4-2-1-3-5-11)18(15(19)17-14)10-12-6-7-12/h1-5,12-13H,6-10H2,(H2,16,17,19). The highest BCUT2D eigenvalue weighted by molar-refractivity contribution is 6.02. The van der Waals surface area contributed by atoms with Crippen LogP contribution in [0.5, 0.6) is 0 Å². The number of benzene rings is 1. The van der Waals surface area contributed by atoms with Crippen molar-refractivity contribution < 1.29 is 4.79 Å². The number of nitrogens with two attached hydrogens (primary N) is 1. The molecule has 0 spiro atoms. The molecule has 19 heavy (non-hydrogen) atoms. The van der Waals surface area contributed by atoms with Crippen LogP contribution in [0.4, 0.5) is 4.79 Å². The highest BCUT2D eigenvalue weighted by atomic mass is 16.2. The molecule has 1 saturated carbocycles. The zero-order valence-corrected chi connectivity index (χ0v) is 11.0. The van der Waals surface area contributed by atoms with Gasteiger partial charge in [-0.05, 0) is 37.2 Å². The highest BCUT2D eigenvalue weighted by Gasteiger charge is 2.36. The molecule has 1 aromatic carbocycles. The van der Waals surface area contributed by atoms with Crippen LogP contribution < -0.4 is 5.73 Å². The van der Waals surface area contributed by atoms with E-state index in [0.717, 1.165) is 19.4 Å². The quantitative estimate of drug-likeness (QED) is 0.879. The first-order valence-corrected chi connectivity index (χ1v) is 6.92. The number of hydrogen-bond acceptors (Lipinski definition) is 2. The number of aryl methyl sites for hydroxylation is 1. The first kappa shape index (κ1) is 12.2. The van der Waals surface area contributed by atoms with Gasteiger partial charge in [-0.1, -0.05) is 30.3 Å². The summed E-state index contributed by atoms with van der Waals surface area (Å²) in [4.78, 5) is 17.6. The molecule has 0 aromatic heterocycles. The second kappa shape index (κ2) is 5.03. The van der Waals surface area contributed by atoms with E-state index in [1.54, 1.807) is 0 Å². The Kier molecular flexibility index (Phi) is 3.23. The molecule has 2 N–H and O–H groups in total. The van der Waals surface area contributed by atoms with Gasteiger partial charge in [0.15, 0.2) is 0 Å². The van der Waals surface area contributed by atoms with E-state index in [-0.39, 0.29) is 12.1 Å². The number of hydrogen-bond donors (Lipinski definition) is 1. The summed E-state index contributed by atoms with van der Waals surface area (Å²) in [7, 11) is 0. The second-order valence-electron chi connectivity index (χ2n) is 5.46. The van der Waals surface area contributed by atoms with Crippen molar-refractivity contribution in [3.63, 3.8) is 0 Å². The maximum atomic E-state index is 11.8. The third-order valence-corrected chi connectivity index (χ3v) is 3.89. The van der Waals surface area contributed by atoms with Gasteiger partial charge in [0, 0.05) is 6.54 Å². The minimum absolute atomic E-state index is 0.00620. The summed E-state index contributed by atoms with van der Waals surface area (Å²) in [5.74, 6) is 1.16. The van der Waals surface area contributed by atoms with Gasteiger partial charge in [-0.2, -0.15) is 4.99 Å². The van der Waals surface area contributed by atoms with Crippen molar-refractivity contribution in [2.24, 2.45) is 16.6 Å². The average Bonchev–Trinajstić information content (AvgIpc) is 3.18. The van der Waals surface area contributed by atoms with Crippen LogP contribution >= 0.6 is 0 Å². The van der Waals surface area contributed by atoms with Crippen LogP contribution in [-0.4, -0.2) is 29.4 Å². The Morgan fingerprint density at radius 1 is 1.26 bits per heavy atom. The zero-order chi connectivity index (χ0) is 13.2. The molecule has 2 amide bonds. The van der Waals surface area contributed by atoms with Gasteiger partial charge in [0.2, 0.25) is 0 Å². The van der Waals surface area contributed by atoms with E-state index < -0.39 is 0 Å². The molecule has 4 nitrogen and oxygen atoms in total. The van der Waals surface area contributed by atoms with E-state index in [0.29, 0.717) is 11.8 Å². The number of nitrogens with zero attached hydrogens (tertiary/aromatic N) is 2. The van der Waals surface area contributed by atoms with Gasteiger partial charge in [-0.25, -0.2) is 4.79 Å². The molecule has 1 atom stereocenters. The highest BCUT2D eigenvalue weighted by Crippen LogP contribution is 2.32. The van der Waals surface area contributed by atoms with Gasteiger partial charge in [-0.15, -0.1) is 0 Å². The molecular formula is C15H19N3O. The number of aliphatic imine (C=N–C) groups is 1. The first-order chi connectivity index (χ1) is 9.24. The van der Waals surface area contributed by atoms with E-state index in [4.69, 9.17) is 5.73 Å². The van der Waals surface area contributed by atoms with Gasteiger partial charge in [0.1, 0.15) is 5.84 Å². The van der Waals surface area contributed by atoms with Crippen molar-refractivity contribution in [1.82, 2.24) is 4.90 Å².